The fourth-order valence-electron chi connectivity index (χ4n) is 2.68. The minimum absolute atomic E-state index is 0.398. The van der Waals surface area contributed by atoms with E-state index in [1.165, 1.54) is 13.5 Å². The molecule has 0 saturated heterocycles. The van der Waals surface area contributed by atoms with E-state index in [1.807, 2.05) is 6.07 Å². The first-order valence-electron chi connectivity index (χ1n) is 6.56. The molecule has 104 valence electrons. The summed E-state index contributed by atoms with van der Waals surface area (Å²) in [6.07, 6.45) is 3.52. The predicted octanol–water partition coefficient (Wildman–Crippen LogP) is 4.12. The van der Waals surface area contributed by atoms with Gasteiger partial charge < -0.3 is 10.1 Å². The van der Waals surface area contributed by atoms with Crippen LogP contribution in [0.1, 0.15) is 43.5 Å². The van der Waals surface area contributed by atoms with Gasteiger partial charge in [0.05, 0.1) is 17.7 Å². The Morgan fingerprint density at radius 3 is 2.79 bits per heavy atom. The molecule has 0 heterocycles. The first kappa shape index (κ1) is 14.2. The number of hydrogen-bond donors (Lipinski definition) is 1. The van der Waals surface area contributed by atoms with E-state index in [9.17, 15) is 4.79 Å². The van der Waals surface area contributed by atoms with Crippen molar-refractivity contribution in [2.45, 2.75) is 39.2 Å². The van der Waals surface area contributed by atoms with E-state index in [1.54, 1.807) is 12.1 Å². The summed E-state index contributed by atoms with van der Waals surface area (Å²) >= 11 is 6.00. The second-order valence-electron chi connectivity index (χ2n) is 5.93. The molecule has 0 aromatic heterocycles. The standard InChI is InChI=1S/C15H20ClNO2/c1-15(2)7-6-11(9-15)17-10-4-5-13(16)12(8-10)14(18)19-3/h4-5,8,11,17H,6-7,9H2,1-3H3. The lowest BCUT2D eigenvalue weighted by Crippen LogP contribution is -2.17. The third kappa shape index (κ3) is 3.41. The topological polar surface area (TPSA) is 38.3 Å². The van der Waals surface area contributed by atoms with E-state index >= 15 is 0 Å². The van der Waals surface area contributed by atoms with E-state index in [-0.39, 0.29) is 0 Å². The zero-order valence-electron chi connectivity index (χ0n) is 11.6. The van der Waals surface area contributed by atoms with Gasteiger partial charge in [0.15, 0.2) is 0 Å². The van der Waals surface area contributed by atoms with Crippen LogP contribution in [-0.4, -0.2) is 19.1 Å². The van der Waals surface area contributed by atoms with Crippen LogP contribution in [0.15, 0.2) is 18.2 Å². The summed E-state index contributed by atoms with van der Waals surface area (Å²) in [5.41, 5.74) is 1.73. The van der Waals surface area contributed by atoms with Gasteiger partial charge >= 0.3 is 5.97 Å². The van der Waals surface area contributed by atoms with Crippen molar-refractivity contribution in [3.8, 4) is 0 Å². The number of carbonyl (C=O) groups is 1. The second-order valence-corrected chi connectivity index (χ2v) is 6.34. The van der Waals surface area contributed by atoms with Crippen LogP contribution in [-0.2, 0) is 4.74 Å². The molecular formula is C15H20ClNO2. The van der Waals surface area contributed by atoms with Gasteiger partial charge in [-0.1, -0.05) is 25.4 Å². The Hall–Kier alpha value is -1.22. The Morgan fingerprint density at radius 2 is 2.21 bits per heavy atom. The maximum atomic E-state index is 11.6. The van der Waals surface area contributed by atoms with Gasteiger partial charge in [0.25, 0.3) is 0 Å². The van der Waals surface area contributed by atoms with Crippen molar-refractivity contribution >= 4 is 23.3 Å². The average molecular weight is 282 g/mol. The Kier molecular flexibility index (Phi) is 4.04. The molecule has 0 bridgehead atoms. The number of benzene rings is 1. The summed E-state index contributed by atoms with van der Waals surface area (Å²) in [4.78, 5) is 11.6. The zero-order valence-corrected chi connectivity index (χ0v) is 12.4. The van der Waals surface area contributed by atoms with Crippen LogP contribution in [0.25, 0.3) is 0 Å². The Labute approximate surface area is 119 Å². The van der Waals surface area contributed by atoms with E-state index in [0.717, 1.165) is 18.5 Å². The molecule has 2 rings (SSSR count). The molecular weight excluding hydrogens is 262 g/mol. The Bertz CT molecular complexity index is 485. The molecule has 1 aromatic carbocycles. The van der Waals surface area contributed by atoms with E-state index in [4.69, 9.17) is 16.3 Å². The van der Waals surface area contributed by atoms with Gasteiger partial charge in [0.1, 0.15) is 0 Å². The number of methoxy groups -OCH3 is 1. The highest BCUT2D eigenvalue weighted by Crippen LogP contribution is 2.38. The van der Waals surface area contributed by atoms with Gasteiger partial charge in [-0.05, 0) is 42.9 Å². The van der Waals surface area contributed by atoms with Gasteiger partial charge in [0, 0.05) is 11.7 Å². The number of carbonyl (C=O) groups excluding carboxylic acids is 1. The highest BCUT2D eigenvalue weighted by atomic mass is 35.5. The molecule has 1 aromatic rings. The predicted molar refractivity (Wildman–Crippen MR) is 77.8 cm³/mol. The fourth-order valence-corrected chi connectivity index (χ4v) is 2.87. The number of anilines is 1. The largest absolute Gasteiger partial charge is 0.465 e. The van der Waals surface area contributed by atoms with Crippen LogP contribution in [0.3, 0.4) is 0 Å². The lowest BCUT2D eigenvalue weighted by molar-refractivity contribution is 0.0601. The molecule has 0 radical (unpaired) electrons. The quantitative estimate of drug-likeness (QED) is 0.847. The molecule has 19 heavy (non-hydrogen) atoms. The molecule has 1 saturated carbocycles. The minimum atomic E-state index is -0.402. The molecule has 0 amide bonds. The summed E-state index contributed by atoms with van der Waals surface area (Å²) in [7, 11) is 1.36. The molecule has 1 fully saturated rings. The van der Waals surface area contributed by atoms with Crippen molar-refractivity contribution in [2.75, 3.05) is 12.4 Å². The molecule has 1 aliphatic rings. The number of halogens is 1. The normalized spacial score (nSPS) is 21.2. The van der Waals surface area contributed by atoms with Crippen LogP contribution in [0.2, 0.25) is 5.02 Å². The van der Waals surface area contributed by atoms with Gasteiger partial charge in [-0.2, -0.15) is 0 Å². The molecule has 1 atom stereocenters. The summed E-state index contributed by atoms with van der Waals surface area (Å²) in [5, 5.41) is 3.90. The van der Waals surface area contributed by atoms with Crippen molar-refractivity contribution in [3.63, 3.8) is 0 Å². The van der Waals surface area contributed by atoms with Gasteiger partial charge in [-0.15, -0.1) is 0 Å². The number of esters is 1. The van der Waals surface area contributed by atoms with Crippen molar-refractivity contribution in [3.05, 3.63) is 28.8 Å². The van der Waals surface area contributed by atoms with E-state index in [0.29, 0.717) is 22.0 Å². The lowest BCUT2D eigenvalue weighted by atomic mass is 9.92. The SMILES string of the molecule is COC(=O)c1cc(NC2CCC(C)(C)C2)ccc1Cl. The summed E-state index contributed by atoms with van der Waals surface area (Å²) in [6.45, 7) is 4.58. The van der Waals surface area contributed by atoms with Crippen molar-refractivity contribution < 1.29 is 9.53 Å². The molecule has 4 heteroatoms. The molecule has 1 aliphatic carbocycles. The van der Waals surface area contributed by atoms with Crippen LogP contribution in [0.5, 0.6) is 0 Å². The number of hydrogen-bond acceptors (Lipinski definition) is 3. The fraction of sp³-hybridized carbons (Fsp3) is 0.533. The maximum absolute atomic E-state index is 11.6. The number of ether oxygens (including phenoxy) is 1. The molecule has 1 unspecified atom stereocenters. The lowest BCUT2D eigenvalue weighted by Gasteiger charge is -2.19. The van der Waals surface area contributed by atoms with Crippen molar-refractivity contribution in [1.82, 2.24) is 0 Å². The highest BCUT2D eigenvalue weighted by Gasteiger charge is 2.30. The molecule has 0 spiro atoms. The first-order valence-corrected chi connectivity index (χ1v) is 6.93. The van der Waals surface area contributed by atoms with E-state index < -0.39 is 5.97 Å². The number of rotatable bonds is 3. The third-order valence-electron chi connectivity index (χ3n) is 3.71. The minimum Gasteiger partial charge on any atom is -0.465 e. The van der Waals surface area contributed by atoms with Gasteiger partial charge in [-0.3, -0.25) is 0 Å². The molecule has 0 aliphatic heterocycles. The number of nitrogens with one attached hydrogen (secondary N) is 1. The smallest absolute Gasteiger partial charge is 0.339 e. The monoisotopic (exact) mass is 281 g/mol. The zero-order chi connectivity index (χ0) is 14.0. The Balaban J connectivity index is 2.12. The van der Waals surface area contributed by atoms with Crippen molar-refractivity contribution in [2.24, 2.45) is 5.41 Å². The summed E-state index contributed by atoms with van der Waals surface area (Å²) in [6, 6.07) is 5.86. The first-order chi connectivity index (χ1) is 8.91. The van der Waals surface area contributed by atoms with Crippen LogP contribution >= 0.6 is 11.6 Å². The van der Waals surface area contributed by atoms with Crippen LogP contribution in [0, 0.1) is 5.41 Å². The van der Waals surface area contributed by atoms with Gasteiger partial charge in [0.2, 0.25) is 0 Å². The maximum Gasteiger partial charge on any atom is 0.339 e. The van der Waals surface area contributed by atoms with Gasteiger partial charge in [-0.25, -0.2) is 4.79 Å². The molecule has 3 nitrogen and oxygen atoms in total. The second kappa shape index (κ2) is 5.41. The van der Waals surface area contributed by atoms with Crippen molar-refractivity contribution in [1.29, 1.82) is 0 Å². The summed E-state index contributed by atoms with van der Waals surface area (Å²) in [5.74, 6) is -0.402. The van der Waals surface area contributed by atoms with Crippen LogP contribution in [0.4, 0.5) is 5.69 Å². The third-order valence-corrected chi connectivity index (χ3v) is 4.04. The van der Waals surface area contributed by atoms with Crippen LogP contribution < -0.4 is 5.32 Å². The average Bonchev–Trinajstić information content (AvgIpc) is 2.70. The molecule has 1 N–H and O–H groups in total. The van der Waals surface area contributed by atoms with E-state index in [2.05, 4.69) is 19.2 Å². The Morgan fingerprint density at radius 1 is 1.47 bits per heavy atom. The summed E-state index contributed by atoms with van der Waals surface area (Å²) < 4.78 is 4.72. The highest BCUT2D eigenvalue weighted by molar-refractivity contribution is 6.33.